The highest BCUT2D eigenvalue weighted by Crippen LogP contribution is 2.44. The molecular formula is C12H6N10S2. The average Bonchev–Trinajstić information content (AvgIpc) is 3.29. The highest BCUT2D eigenvalue weighted by molar-refractivity contribution is 7.45. The van der Waals surface area contributed by atoms with Gasteiger partial charge in [-0.1, -0.05) is 10.4 Å². The number of nitrogen functional groups attached to an aromatic ring is 2. The Morgan fingerprint density at radius 2 is 1.29 bits per heavy atom. The summed E-state index contributed by atoms with van der Waals surface area (Å²) in [7, 11) is 0. The van der Waals surface area contributed by atoms with Gasteiger partial charge >= 0.3 is 0 Å². The second kappa shape index (κ2) is 3.85. The van der Waals surface area contributed by atoms with Crippen molar-refractivity contribution in [2.45, 2.75) is 0 Å². The van der Waals surface area contributed by atoms with Crippen LogP contribution in [0.15, 0.2) is 12.4 Å². The van der Waals surface area contributed by atoms with Gasteiger partial charge in [-0.05, 0) is 0 Å². The summed E-state index contributed by atoms with van der Waals surface area (Å²) in [5, 5.41) is 17.9. The van der Waals surface area contributed by atoms with Gasteiger partial charge in [0, 0.05) is 0 Å². The number of nitrogens with two attached hydrogens (primary N) is 2. The first-order valence-electron chi connectivity index (χ1n) is 6.83. The molecule has 0 aromatic carbocycles. The zero-order valence-electron chi connectivity index (χ0n) is 11.7. The van der Waals surface area contributed by atoms with Crippen molar-refractivity contribution < 1.29 is 0 Å². The molecule has 6 aromatic heterocycles. The molecule has 12 heteroatoms. The van der Waals surface area contributed by atoms with E-state index in [1.807, 2.05) is 0 Å². The molecule has 0 saturated carbocycles. The van der Waals surface area contributed by atoms with E-state index in [0.717, 1.165) is 29.8 Å². The van der Waals surface area contributed by atoms with E-state index in [9.17, 15) is 0 Å². The summed E-state index contributed by atoms with van der Waals surface area (Å²) in [6, 6.07) is 0. The molecule has 0 fully saturated rings. The van der Waals surface area contributed by atoms with Crippen molar-refractivity contribution in [3.8, 4) is 0 Å². The molecule has 6 aromatic rings. The number of thiophene rings is 2. The number of anilines is 2. The van der Waals surface area contributed by atoms with Crippen LogP contribution in [0, 0.1) is 0 Å². The van der Waals surface area contributed by atoms with Crippen LogP contribution in [0.4, 0.5) is 11.6 Å². The lowest BCUT2D eigenvalue weighted by Gasteiger charge is -1.96. The summed E-state index contributed by atoms with van der Waals surface area (Å²) < 4.78 is 5.98. The van der Waals surface area contributed by atoms with E-state index in [4.69, 9.17) is 11.5 Å². The Balaban J connectivity index is 1.86. The predicted octanol–water partition coefficient (Wildman–Crippen LogP) is 1.31. The van der Waals surface area contributed by atoms with Crippen LogP contribution in [0.25, 0.3) is 41.1 Å². The third kappa shape index (κ3) is 1.27. The second-order valence-corrected chi connectivity index (χ2v) is 7.54. The number of hydrogen-bond acceptors (Lipinski definition) is 10. The Hall–Kier alpha value is -3.12. The minimum absolute atomic E-state index is 0.454. The molecule has 0 radical (unpaired) electrons. The lowest BCUT2D eigenvalue weighted by molar-refractivity contribution is 0.837. The Labute approximate surface area is 139 Å². The van der Waals surface area contributed by atoms with Crippen molar-refractivity contribution in [3.05, 3.63) is 12.4 Å². The van der Waals surface area contributed by atoms with Crippen LogP contribution in [-0.4, -0.2) is 39.6 Å². The predicted molar refractivity (Wildman–Crippen MR) is 92.2 cm³/mol. The van der Waals surface area contributed by atoms with Gasteiger partial charge in [0.2, 0.25) is 0 Å². The number of fused-ring (bicyclic) bond motifs is 9. The van der Waals surface area contributed by atoms with E-state index in [1.165, 1.54) is 9.03 Å². The number of nitrogens with zero attached hydrogens (tertiary/aromatic N) is 8. The molecular weight excluding hydrogens is 348 g/mol. The van der Waals surface area contributed by atoms with Gasteiger partial charge in [0.25, 0.3) is 0 Å². The van der Waals surface area contributed by atoms with Gasteiger partial charge < -0.3 is 11.5 Å². The van der Waals surface area contributed by atoms with Crippen LogP contribution in [0.3, 0.4) is 0 Å². The quantitative estimate of drug-likeness (QED) is 0.416. The van der Waals surface area contributed by atoms with E-state index in [-0.39, 0.29) is 0 Å². The molecule has 0 aliphatic rings. The first kappa shape index (κ1) is 12.3. The second-order valence-electron chi connectivity index (χ2n) is 5.24. The largest absolute Gasteiger partial charge is 0.382 e. The first-order chi connectivity index (χ1) is 11.7. The van der Waals surface area contributed by atoms with Crippen LogP contribution in [0.5, 0.6) is 0 Å². The van der Waals surface area contributed by atoms with E-state index in [1.54, 1.807) is 35.1 Å². The highest BCUT2D eigenvalue weighted by Gasteiger charge is 2.21. The zero-order valence-corrected chi connectivity index (χ0v) is 13.3. The number of aromatic nitrogens is 8. The summed E-state index contributed by atoms with van der Waals surface area (Å²) in [4.78, 5) is 8.67. The normalized spacial score (nSPS) is 12.5. The monoisotopic (exact) mass is 354 g/mol. The molecule has 0 amide bonds. The van der Waals surface area contributed by atoms with E-state index in [2.05, 4.69) is 30.6 Å². The Morgan fingerprint density at radius 3 is 1.79 bits per heavy atom. The summed E-state index contributed by atoms with van der Waals surface area (Å²) in [5.74, 6) is 0.908. The molecule has 0 spiro atoms. The molecule has 0 aliphatic heterocycles. The summed E-state index contributed by atoms with van der Waals surface area (Å²) >= 11 is 3.17. The Bertz CT molecular complexity index is 1330. The maximum absolute atomic E-state index is 5.85. The molecule has 4 N–H and O–H groups in total. The molecule has 0 atom stereocenters. The van der Waals surface area contributed by atoms with Crippen LogP contribution >= 0.6 is 22.7 Å². The van der Waals surface area contributed by atoms with Gasteiger partial charge in [-0.15, -0.1) is 32.9 Å². The summed E-state index contributed by atoms with van der Waals surface area (Å²) in [5.41, 5.74) is 14.6. The molecule has 10 nitrogen and oxygen atoms in total. The van der Waals surface area contributed by atoms with Gasteiger partial charge in [0.05, 0.1) is 21.8 Å². The minimum Gasteiger partial charge on any atom is -0.382 e. The number of rotatable bonds is 0. The lowest BCUT2D eigenvalue weighted by Crippen LogP contribution is -2.00. The van der Waals surface area contributed by atoms with Gasteiger partial charge in [0.15, 0.2) is 11.3 Å². The van der Waals surface area contributed by atoms with Crippen molar-refractivity contribution in [2.24, 2.45) is 0 Å². The zero-order chi connectivity index (χ0) is 16.0. The van der Waals surface area contributed by atoms with Crippen LogP contribution in [0.1, 0.15) is 0 Å². The van der Waals surface area contributed by atoms with E-state index < -0.39 is 0 Å². The molecule has 0 bridgehead atoms. The fourth-order valence-corrected chi connectivity index (χ4v) is 5.39. The van der Waals surface area contributed by atoms with Gasteiger partial charge in [0.1, 0.15) is 32.1 Å². The molecule has 0 saturated heterocycles. The van der Waals surface area contributed by atoms with Crippen LogP contribution < -0.4 is 11.5 Å². The third-order valence-corrected chi connectivity index (χ3v) is 6.34. The van der Waals surface area contributed by atoms with Gasteiger partial charge in [-0.3, -0.25) is 0 Å². The van der Waals surface area contributed by atoms with Gasteiger partial charge in [-0.25, -0.2) is 9.97 Å². The molecule has 0 aliphatic carbocycles. The maximum Gasteiger partial charge on any atom is 0.177 e. The smallest absolute Gasteiger partial charge is 0.177 e. The standard InChI is InChI=1S/C12H6N10S2/c13-3-1-15-10-8-6(17-19-21(3)10)5-7-9(24-12(5)23-8)11-16-2-4(14)22(11)20-18-7/h1-2H,13-14H2. The maximum atomic E-state index is 5.85. The molecule has 6 rings (SSSR count). The van der Waals surface area contributed by atoms with E-state index >= 15 is 0 Å². The SMILES string of the molecule is Nc1cnc2c3sc4sc5c(nnn6c(N)cnc56)c4c3nnn12. The molecule has 116 valence electrons. The third-order valence-electron chi connectivity index (χ3n) is 3.90. The average molecular weight is 354 g/mol. The first-order valence-corrected chi connectivity index (χ1v) is 8.46. The van der Waals surface area contributed by atoms with Crippen LogP contribution in [-0.2, 0) is 0 Å². The number of hydrogen-bond donors (Lipinski definition) is 2. The lowest BCUT2D eigenvalue weighted by atomic mass is 10.3. The Morgan fingerprint density at radius 1 is 0.792 bits per heavy atom. The molecule has 0 unspecified atom stereocenters. The highest BCUT2D eigenvalue weighted by atomic mass is 32.2. The van der Waals surface area contributed by atoms with Crippen molar-refractivity contribution in [3.63, 3.8) is 0 Å². The van der Waals surface area contributed by atoms with Crippen molar-refractivity contribution in [1.29, 1.82) is 0 Å². The topological polar surface area (TPSA) is 138 Å². The van der Waals surface area contributed by atoms with Crippen LogP contribution in [0.2, 0.25) is 0 Å². The minimum atomic E-state index is 0.454. The Kier molecular flexibility index (Phi) is 1.98. The van der Waals surface area contributed by atoms with Gasteiger partial charge in [-0.2, -0.15) is 9.03 Å². The fraction of sp³-hybridized carbons (Fsp3) is 0. The van der Waals surface area contributed by atoms with Crippen molar-refractivity contribution in [1.82, 2.24) is 39.6 Å². The fourth-order valence-electron chi connectivity index (χ4n) is 2.83. The summed E-state index contributed by atoms with van der Waals surface area (Å²) in [6.07, 6.45) is 3.15. The molecule has 6 heterocycles. The van der Waals surface area contributed by atoms with E-state index in [0.29, 0.717) is 22.9 Å². The summed E-state index contributed by atoms with van der Waals surface area (Å²) in [6.45, 7) is 0. The molecule has 24 heavy (non-hydrogen) atoms. The van der Waals surface area contributed by atoms with Crippen molar-refractivity contribution in [2.75, 3.05) is 11.5 Å². The number of imidazole rings is 2. The van der Waals surface area contributed by atoms with Crippen molar-refractivity contribution >= 4 is 75.4 Å².